The molecular weight excluding hydrogens is 272 g/mol. The predicted octanol–water partition coefficient (Wildman–Crippen LogP) is 3.89. The average Bonchev–Trinajstić information content (AvgIpc) is 2.74. The third kappa shape index (κ3) is 4.00. The van der Waals surface area contributed by atoms with Crippen molar-refractivity contribution in [3.8, 4) is 0 Å². The first-order chi connectivity index (χ1) is 8.24. The van der Waals surface area contributed by atoms with Crippen LogP contribution in [-0.4, -0.2) is 5.11 Å². The van der Waals surface area contributed by atoms with E-state index in [1.807, 2.05) is 42.5 Å². The average molecular weight is 283 g/mol. The zero-order valence-electron chi connectivity index (χ0n) is 8.94. The second kappa shape index (κ2) is 6.00. The summed E-state index contributed by atoms with van der Waals surface area (Å²) in [7, 11) is 0. The van der Waals surface area contributed by atoms with Gasteiger partial charge in [-0.05, 0) is 36.5 Å². The molecule has 2 nitrogen and oxygen atoms in total. The van der Waals surface area contributed by atoms with Crippen molar-refractivity contribution in [1.29, 1.82) is 0 Å². The van der Waals surface area contributed by atoms with E-state index in [9.17, 15) is 0 Å². The maximum absolute atomic E-state index is 5.85. The molecule has 0 atom stereocenters. The van der Waals surface area contributed by atoms with Gasteiger partial charge in [0.15, 0.2) is 5.11 Å². The molecule has 0 saturated heterocycles. The van der Waals surface area contributed by atoms with Gasteiger partial charge in [-0.2, -0.15) is 0 Å². The summed E-state index contributed by atoms with van der Waals surface area (Å²) in [5.41, 5.74) is 0.981. The lowest BCUT2D eigenvalue weighted by Gasteiger charge is -2.09. The number of halogens is 1. The van der Waals surface area contributed by atoms with Crippen LogP contribution in [0.5, 0.6) is 0 Å². The minimum atomic E-state index is 0.612. The summed E-state index contributed by atoms with van der Waals surface area (Å²) in [6.45, 7) is 0.691. The molecule has 1 heterocycles. The molecule has 0 aliphatic carbocycles. The van der Waals surface area contributed by atoms with Gasteiger partial charge in [0.2, 0.25) is 0 Å². The van der Waals surface area contributed by atoms with E-state index in [-0.39, 0.29) is 0 Å². The van der Waals surface area contributed by atoms with Gasteiger partial charge in [-0.1, -0.05) is 29.8 Å². The van der Waals surface area contributed by atoms with E-state index in [0.717, 1.165) is 14.9 Å². The lowest BCUT2D eigenvalue weighted by atomic mass is 10.3. The minimum Gasteiger partial charge on any atom is -0.358 e. The molecular formula is C12H11ClN2S2. The van der Waals surface area contributed by atoms with Crippen molar-refractivity contribution in [1.82, 2.24) is 5.32 Å². The highest BCUT2D eigenvalue weighted by Gasteiger charge is 2.00. The third-order valence-corrected chi connectivity index (χ3v) is 3.56. The van der Waals surface area contributed by atoms with Crippen molar-refractivity contribution in [3.05, 3.63) is 51.7 Å². The number of para-hydroxylation sites is 1. The van der Waals surface area contributed by atoms with E-state index in [4.69, 9.17) is 23.8 Å². The quantitative estimate of drug-likeness (QED) is 0.835. The SMILES string of the molecule is S=C(NCc1ccc(Cl)s1)Nc1ccccc1. The molecule has 0 radical (unpaired) electrons. The molecule has 0 spiro atoms. The van der Waals surface area contributed by atoms with Gasteiger partial charge in [0.05, 0.1) is 10.9 Å². The molecule has 1 aromatic carbocycles. The summed E-state index contributed by atoms with van der Waals surface area (Å²) in [5.74, 6) is 0. The van der Waals surface area contributed by atoms with Crippen LogP contribution in [0.2, 0.25) is 4.34 Å². The maximum Gasteiger partial charge on any atom is 0.171 e. The van der Waals surface area contributed by atoms with Crippen LogP contribution < -0.4 is 10.6 Å². The highest BCUT2D eigenvalue weighted by molar-refractivity contribution is 7.80. The van der Waals surface area contributed by atoms with Gasteiger partial charge in [0, 0.05) is 10.6 Å². The fourth-order valence-corrected chi connectivity index (χ4v) is 2.53. The summed E-state index contributed by atoms with van der Waals surface area (Å²) in [6, 6.07) is 13.7. The molecule has 0 amide bonds. The molecule has 0 fully saturated rings. The molecule has 0 saturated carbocycles. The van der Waals surface area contributed by atoms with Crippen LogP contribution in [-0.2, 0) is 6.54 Å². The van der Waals surface area contributed by atoms with Gasteiger partial charge in [0.25, 0.3) is 0 Å². The second-order valence-electron chi connectivity index (χ2n) is 3.38. The molecule has 2 rings (SSSR count). The molecule has 1 aromatic heterocycles. The number of thiophene rings is 1. The number of benzene rings is 1. The fourth-order valence-electron chi connectivity index (χ4n) is 1.31. The number of nitrogens with one attached hydrogen (secondary N) is 2. The number of hydrogen-bond donors (Lipinski definition) is 2. The molecule has 0 unspecified atom stereocenters. The summed E-state index contributed by atoms with van der Waals surface area (Å²) in [5, 5.41) is 6.86. The van der Waals surface area contributed by atoms with Crippen LogP contribution >= 0.6 is 35.2 Å². The topological polar surface area (TPSA) is 24.1 Å². The van der Waals surface area contributed by atoms with Crippen LogP contribution in [0.3, 0.4) is 0 Å². The van der Waals surface area contributed by atoms with Crippen LogP contribution in [0.1, 0.15) is 4.88 Å². The third-order valence-electron chi connectivity index (χ3n) is 2.08. The minimum absolute atomic E-state index is 0.612. The molecule has 88 valence electrons. The van der Waals surface area contributed by atoms with Crippen molar-refractivity contribution in [2.45, 2.75) is 6.54 Å². The van der Waals surface area contributed by atoms with Crippen LogP contribution in [0.15, 0.2) is 42.5 Å². The van der Waals surface area contributed by atoms with Gasteiger partial charge >= 0.3 is 0 Å². The molecule has 5 heteroatoms. The monoisotopic (exact) mass is 282 g/mol. The first-order valence-corrected chi connectivity index (χ1v) is 6.68. The number of thiocarbonyl (C=S) groups is 1. The molecule has 17 heavy (non-hydrogen) atoms. The number of anilines is 1. The molecule has 2 N–H and O–H groups in total. The Morgan fingerprint density at radius 3 is 2.59 bits per heavy atom. The molecule has 0 aliphatic rings. The smallest absolute Gasteiger partial charge is 0.171 e. The first-order valence-electron chi connectivity index (χ1n) is 5.08. The van der Waals surface area contributed by atoms with Gasteiger partial charge in [-0.3, -0.25) is 0 Å². The summed E-state index contributed by atoms with van der Waals surface area (Å²) in [6.07, 6.45) is 0. The Hall–Kier alpha value is -1.10. The zero-order chi connectivity index (χ0) is 12.1. The van der Waals surface area contributed by atoms with Crippen molar-refractivity contribution < 1.29 is 0 Å². The largest absolute Gasteiger partial charge is 0.358 e. The predicted molar refractivity (Wildman–Crippen MR) is 78.8 cm³/mol. The van der Waals surface area contributed by atoms with Crippen LogP contribution in [0.4, 0.5) is 5.69 Å². The normalized spacial score (nSPS) is 9.94. The Balaban J connectivity index is 1.82. The Kier molecular flexibility index (Phi) is 4.36. The van der Waals surface area contributed by atoms with E-state index in [1.54, 1.807) is 11.3 Å². The standard InChI is InChI=1S/C12H11ClN2S2/c13-11-7-6-10(17-11)8-14-12(16)15-9-4-2-1-3-5-9/h1-7H,8H2,(H2,14,15,16). The van der Waals surface area contributed by atoms with Crippen LogP contribution in [0, 0.1) is 0 Å². The van der Waals surface area contributed by atoms with Crippen molar-refractivity contribution in [3.63, 3.8) is 0 Å². The summed E-state index contributed by atoms with van der Waals surface area (Å²) in [4.78, 5) is 1.16. The van der Waals surface area contributed by atoms with Gasteiger partial charge < -0.3 is 10.6 Å². The number of rotatable bonds is 3. The molecule has 0 bridgehead atoms. The van der Waals surface area contributed by atoms with Gasteiger partial charge in [-0.25, -0.2) is 0 Å². The van der Waals surface area contributed by atoms with Gasteiger partial charge in [0.1, 0.15) is 0 Å². The van der Waals surface area contributed by atoms with E-state index < -0.39 is 0 Å². The number of hydrogen-bond acceptors (Lipinski definition) is 2. The van der Waals surface area contributed by atoms with E-state index in [2.05, 4.69) is 10.6 Å². The zero-order valence-corrected chi connectivity index (χ0v) is 11.3. The van der Waals surface area contributed by atoms with E-state index in [1.165, 1.54) is 0 Å². The van der Waals surface area contributed by atoms with Crippen molar-refractivity contribution in [2.24, 2.45) is 0 Å². The first kappa shape index (κ1) is 12.4. The Morgan fingerprint density at radius 1 is 1.18 bits per heavy atom. The fraction of sp³-hybridized carbons (Fsp3) is 0.0833. The highest BCUT2D eigenvalue weighted by Crippen LogP contribution is 2.20. The van der Waals surface area contributed by atoms with E-state index >= 15 is 0 Å². The lowest BCUT2D eigenvalue weighted by Crippen LogP contribution is -2.27. The Labute approximate surface area is 115 Å². The summed E-state index contributed by atoms with van der Waals surface area (Å²) < 4.78 is 0.795. The maximum atomic E-state index is 5.85. The highest BCUT2D eigenvalue weighted by atomic mass is 35.5. The molecule has 0 aliphatic heterocycles. The van der Waals surface area contributed by atoms with Gasteiger partial charge in [-0.15, -0.1) is 11.3 Å². The van der Waals surface area contributed by atoms with E-state index in [0.29, 0.717) is 11.7 Å². The van der Waals surface area contributed by atoms with Crippen molar-refractivity contribution in [2.75, 3.05) is 5.32 Å². The Morgan fingerprint density at radius 2 is 1.94 bits per heavy atom. The molecule has 2 aromatic rings. The Bertz CT molecular complexity index is 496. The van der Waals surface area contributed by atoms with Crippen LogP contribution in [0.25, 0.3) is 0 Å². The second-order valence-corrected chi connectivity index (χ2v) is 5.59. The lowest BCUT2D eigenvalue weighted by molar-refractivity contribution is 0.946. The summed E-state index contributed by atoms with van der Waals surface area (Å²) >= 11 is 12.6. The van der Waals surface area contributed by atoms with Crippen molar-refractivity contribution >= 4 is 46.0 Å².